The topological polar surface area (TPSA) is 59.0 Å². The molecule has 0 bridgehead atoms. The molecule has 2 rings (SSSR count). The number of aliphatic hydroxyl groups is 1. The summed E-state index contributed by atoms with van der Waals surface area (Å²) < 4.78 is 10.6. The van der Waals surface area contributed by atoms with E-state index in [1.54, 1.807) is 27.2 Å². The van der Waals surface area contributed by atoms with Crippen molar-refractivity contribution < 1.29 is 19.4 Å². The molecule has 0 unspecified atom stereocenters. The van der Waals surface area contributed by atoms with Gasteiger partial charge in [-0.2, -0.15) is 0 Å². The summed E-state index contributed by atoms with van der Waals surface area (Å²) in [4.78, 5) is 14.0. The standard InChI is InChI=1S/C15H21NO4/c1-15(18)9-16(2)12(8-14(15)17)11-6-5-10(19-3)7-13(11)20-4/h5-7,12,18H,8-9H2,1-4H3/t12-,15+/m0/s1. The quantitative estimate of drug-likeness (QED) is 0.906. The second-order valence-corrected chi connectivity index (χ2v) is 5.44. The molecule has 0 aromatic heterocycles. The van der Waals surface area contributed by atoms with Crippen molar-refractivity contribution in [3.8, 4) is 11.5 Å². The Kier molecular flexibility index (Phi) is 4.01. The molecule has 1 aliphatic heterocycles. The fourth-order valence-corrected chi connectivity index (χ4v) is 2.68. The Morgan fingerprint density at radius 2 is 2.05 bits per heavy atom. The molecule has 1 saturated heterocycles. The Labute approximate surface area is 119 Å². The summed E-state index contributed by atoms with van der Waals surface area (Å²) in [7, 11) is 5.09. The molecule has 1 aromatic rings. The van der Waals surface area contributed by atoms with Gasteiger partial charge in [-0.1, -0.05) is 6.07 Å². The van der Waals surface area contributed by atoms with E-state index in [2.05, 4.69) is 0 Å². The summed E-state index contributed by atoms with van der Waals surface area (Å²) in [6.45, 7) is 1.87. The molecule has 0 amide bonds. The van der Waals surface area contributed by atoms with Gasteiger partial charge >= 0.3 is 0 Å². The number of ether oxygens (including phenoxy) is 2. The summed E-state index contributed by atoms with van der Waals surface area (Å²) in [5.41, 5.74) is -0.343. The summed E-state index contributed by atoms with van der Waals surface area (Å²) in [6.07, 6.45) is 0.270. The van der Waals surface area contributed by atoms with Crippen LogP contribution >= 0.6 is 0 Å². The predicted molar refractivity (Wildman–Crippen MR) is 75.2 cm³/mol. The molecule has 0 aliphatic carbocycles. The number of Topliss-reactive ketones (excluding diaryl/α,β-unsaturated/α-hetero) is 1. The Morgan fingerprint density at radius 3 is 2.65 bits per heavy atom. The zero-order valence-electron chi connectivity index (χ0n) is 12.3. The number of β-amino-alcohol motifs (C(OH)–C–C–N with tert-alkyl or cyclic N) is 1. The van der Waals surface area contributed by atoms with Crippen molar-refractivity contribution in [2.45, 2.75) is 25.0 Å². The van der Waals surface area contributed by atoms with Crippen LogP contribution in [0.4, 0.5) is 0 Å². The Bertz CT molecular complexity index is 513. The zero-order chi connectivity index (χ0) is 14.9. The van der Waals surface area contributed by atoms with Gasteiger partial charge in [-0.05, 0) is 20.0 Å². The van der Waals surface area contributed by atoms with Gasteiger partial charge in [0, 0.05) is 30.6 Å². The average Bonchev–Trinajstić information content (AvgIpc) is 2.42. The third-order valence-electron chi connectivity index (χ3n) is 3.87. The Balaban J connectivity index is 2.34. The maximum absolute atomic E-state index is 12.0. The Morgan fingerprint density at radius 1 is 1.35 bits per heavy atom. The lowest BCUT2D eigenvalue weighted by Crippen LogP contribution is -2.52. The molecule has 1 fully saturated rings. The van der Waals surface area contributed by atoms with Crippen LogP contribution in [0.5, 0.6) is 11.5 Å². The number of methoxy groups -OCH3 is 2. The third-order valence-corrected chi connectivity index (χ3v) is 3.87. The van der Waals surface area contributed by atoms with Crippen LogP contribution in [-0.2, 0) is 4.79 Å². The molecule has 1 aromatic carbocycles. The lowest BCUT2D eigenvalue weighted by molar-refractivity contribution is -0.144. The van der Waals surface area contributed by atoms with Crippen LogP contribution in [-0.4, -0.2) is 49.2 Å². The monoisotopic (exact) mass is 279 g/mol. The number of nitrogens with zero attached hydrogens (tertiary/aromatic N) is 1. The first-order chi connectivity index (χ1) is 9.39. The number of rotatable bonds is 3. The first kappa shape index (κ1) is 14.8. The minimum absolute atomic E-state index is 0.0939. The molecule has 1 N–H and O–H groups in total. The lowest BCUT2D eigenvalue weighted by Gasteiger charge is -2.40. The number of carbonyl (C=O) groups excluding carboxylic acids is 1. The molecule has 5 nitrogen and oxygen atoms in total. The van der Waals surface area contributed by atoms with Gasteiger partial charge in [0.15, 0.2) is 5.78 Å². The summed E-state index contributed by atoms with van der Waals surface area (Å²) in [5.74, 6) is 1.26. The van der Waals surface area contributed by atoms with E-state index in [1.807, 2.05) is 24.1 Å². The number of carbonyl (C=O) groups is 1. The van der Waals surface area contributed by atoms with Gasteiger partial charge in [-0.25, -0.2) is 0 Å². The van der Waals surface area contributed by atoms with Crippen molar-refractivity contribution in [1.29, 1.82) is 0 Å². The van der Waals surface area contributed by atoms with E-state index < -0.39 is 5.60 Å². The number of ketones is 1. The molecular weight excluding hydrogens is 258 g/mol. The third kappa shape index (κ3) is 2.64. The number of piperidine rings is 1. The van der Waals surface area contributed by atoms with Gasteiger partial charge in [0.25, 0.3) is 0 Å². The van der Waals surface area contributed by atoms with E-state index >= 15 is 0 Å². The van der Waals surface area contributed by atoms with Crippen molar-refractivity contribution in [1.82, 2.24) is 4.90 Å². The number of benzene rings is 1. The van der Waals surface area contributed by atoms with E-state index in [0.717, 1.165) is 5.56 Å². The number of hydrogen-bond donors (Lipinski definition) is 1. The van der Waals surface area contributed by atoms with Crippen molar-refractivity contribution in [3.05, 3.63) is 23.8 Å². The molecule has 5 heteroatoms. The van der Waals surface area contributed by atoms with Crippen LogP contribution in [0.2, 0.25) is 0 Å². The first-order valence-corrected chi connectivity index (χ1v) is 6.57. The van der Waals surface area contributed by atoms with E-state index in [4.69, 9.17) is 9.47 Å². The molecule has 1 aliphatic rings. The van der Waals surface area contributed by atoms with Crippen LogP contribution in [0.1, 0.15) is 24.9 Å². The fraction of sp³-hybridized carbons (Fsp3) is 0.533. The summed E-state index contributed by atoms with van der Waals surface area (Å²) in [6, 6.07) is 5.47. The molecule has 0 saturated carbocycles. The molecule has 2 atom stereocenters. The smallest absolute Gasteiger partial charge is 0.167 e. The maximum atomic E-state index is 12.0. The SMILES string of the molecule is COc1ccc([C@@H]2CC(=O)[C@](C)(O)CN2C)c(OC)c1. The van der Waals surface area contributed by atoms with Crippen LogP contribution in [0.25, 0.3) is 0 Å². The van der Waals surface area contributed by atoms with Crippen LogP contribution in [0, 0.1) is 0 Å². The van der Waals surface area contributed by atoms with Crippen LogP contribution < -0.4 is 9.47 Å². The van der Waals surface area contributed by atoms with Gasteiger partial charge in [0.05, 0.1) is 14.2 Å². The van der Waals surface area contributed by atoms with Gasteiger partial charge in [-0.15, -0.1) is 0 Å². The van der Waals surface area contributed by atoms with Gasteiger partial charge in [0.2, 0.25) is 0 Å². The van der Waals surface area contributed by atoms with E-state index in [1.165, 1.54) is 0 Å². The van der Waals surface area contributed by atoms with Crippen molar-refractivity contribution in [3.63, 3.8) is 0 Å². The van der Waals surface area contributed by atoms with Gasteiger partial charge < -0.3 is 14.6 Å². The molecule has 20 heavy (non-hydrogen) atoms. The van der Waals surface area contributed by atoms with Gasteiger partial charge in [-0.3, -0.25) is 9.69 Å². The molecule has 110 valence electrons. The highest BCUT2D eigenvalue weighted by atomic mass is 16.5. The molecule has 0 radical (unpaired) electrons. The van der Waals surface area contributed by atoms with Crippen molar-refractivity contribution >= 4 is 5.78 Å². The highest BCUT2D eigenvalue weighted by Crippen LogP contribution is 2.37. The predicted octanol–water partition coefficient (Wildman–Crippen LogP) is 1.40. The number of hydrogen-bond acceptors (Lipinski definition) is 5. The summed E-state index contributed by atoms with van der Waals surface area (Å²) in [5, 5.41) is 10.0. The summed E-state index contributed by atoms with van der Waals surface area (Å²) >= 11 is 0. The lowest BCUT2D eigenvalue weighted by atomic mass is 9.86. The fourth-order valence-electron chi connectivity index (χ4n) is 2.68. The minimum atomic E-state index is -1.27. The largest absolute Gasteiger partial charge is 0.497 e. The average molecular weight is 279 g/mol. The Hall–Kier alpha value is -1.59. The highest BCUT2D eigenvalue weighted by Gasteiger charge is 2.41. The highest BCUT2D eigenvalue weighted by molar-refractivity contribution is 5.88. The maximum Gasteiger partial charge on any atom is 0.167 e. The number of likely N-dealkylation sites (N-methyl/N-ethyl adjacent to an activating group) is 1. The zero-order valence-corrected chi connectivity index (χ0v) is 12.3. The first-order valence-electron chi connectivity index (χ1n) is 6.57. The van der Waals surface area contributed by atoms with Gasteiger partial charge in [0.1, 0.15) is 17.1 Å². The van der Waals surface area contributed by atoms with E-state index in [0.29, 0.717) is 18.0 Å². The molecule has 1 heterocycles. The van der Waals surface area contributed by atoms with E-state index in [-0.39, 0.29) is 18.2 Å². The second-order valence-electron chi connectivity index (χ2n) is 5.44. The second kappa shape index (κ2) is 5.42. The van der Waals surface area contributed by atoms with Crippen molar-refractivity contribution in [2.75, 3.05) is 27.8 Å². The van der Waals surface area contributed by atoms with Crippen LogP contribution in [0.15, 0.2) is 18.2 Å². The van der Waals surface area contributed by atoms with Crippen LogP contribution in [0.3, 0.4) is 0 Å². The molecular formula is C15H21NO4. The number of likely N-dealkylation sites (tertiary alicyclic amines) is 1. The van der Waals surface area contributed by atoms with Crippen molar-refractivity contribution in [2.24, 2.45) is 0 Å². The normalized spacial score (nSPS) is 27.4. The minimum Gasteiger partial charge on any atom is -0.497 e. The van der Waals surface area contributed by atoms with E-state index in [9.17, 15) is 9.90 Å². The molecule has 0 spiro atoms.